The number of hydrogen-bond donors (Lipinski definition) is 5. The van der Waals surface area contributed by atoms with E-state index in [1.165, 1.54) is 0 Å². The van der Waals surface area contributed by atoms with Crippen molar-refractivity contribution in [2.75, 3.05) is 13.2 Å². The van der Waals surface area contributed by atoms with Gasteiger partial charge in [-0.2, -0.15) is 0 Å². The van der Waals surface area contributed by atoms with Gasteiger partial charge in [0, 0.05) is 0 Å². The fourth-order valence-corrected chi connectivity index (χ4v) is 1.23. The second-order valence-electron chi connectivity index (χ2n) is 2.39. The van der Waals surface area contributed by atoms with Crippen molar-refractivity contribution in [1.29, 1.82) is 0 Å². The molecular weight excluding hydrogens is 219 g/mol. The first-order valence-electron chi connectivity index (χ1n) is 3.48. The van der Waals surface area contributed by atoms with E-state index < -0.39 is 39.0 Å². The SMILES string of the molecule is O=C(CO)[C@H](OP(=O)(O)O)[C@H](O)CO. The Morgan fingerprint density at radius 2 is 1.86 bits per heavy atom. The molecule has 0 aliphatic carbocycles. The minimum atomic E-state index is -4.96. The molecule has 0 spiro atoms. The summed E-state index contributed by atoms with van der Waals surface area (Å²) >= 11 is 0. The van der Waals surface area contributed by atoms with E-state index in [4.69, 9.17) is 25.1 Å². The number of phosphoric acid groups is 1. The Morgan fingerprint density at radius 3 is 2.14 bits per heavy atom. The highest BCUT2D eigenvalue weighted by Crippen LogP contribution is 2.38. The first-order valence-corrected chi connectivity index (χ1v) is 5.01. The lowest BCUT2D eigenvalue weighted by atomic mass is 10.1. The fraction of sp³-hybridized carbons (Fsp3) is 0.800. The quantitative estimate of drug-likeness (QED) is 0.312. The third-order valence-corrected chi connectivity index (χ3v) is 1.76. The van der Waals surface area contributed by atoms with E-state index in [2.05, 4.69) is 4.52 Å². The summed E-state index contributed by atoms with van der Waals surface area (Å²) in [5.41, 5.74) is 0. The third kappa shape index (κ3) is 4.77. The Kier molecular flexibility index (Phi) is 5.38. The van der Waals surface area contributed by atoms with Crippen molar-refractivity contribution in [1.82, 2.24) is 0 Å². The summed E-state index contributed by atoms with van der Waals surface area (Å²) < 4.78 is 14.2. The molecule has 0 aromatic rings. The van der Waals surface area contributed by atoms with E-state index in [0.29, 0.717) is 0 Å². The van der Waals surface area contributed by atoms with Crippen molar-refractivity contribution in [2.24, 2.45) is 0 Å². The van der Waals surface area contributed by atoms with Crippen LogP contribution < -0.4 is 0 Å². The summed E-state index contributed by atoms with van der Waals surface area (Å²) in [5, 5.41) is 25.7. The summed E-state index contributed by atoms with van der Waals surface area (Å²) in [6.45, 7) is -1.97. The van der Waals surface area contributed by atoms with Crippen molar-refractivity contribution in [3.63, 3.8) is 0 Å². The van der Waals surface area contributed by atoms with Crippen LogP contribution in [0.5, 0.6) is 0 Å². The maximum absolute atomic E-state index is 10.8. The normalized spacial score (nSPS) is 16.4. The van der Waals surface area contributed by atoms with Gasteiger partial charge in [0.15, 0.2) is 11.9 Å². The molecule has 0 saturated carbocycles. The molecule has 0 bridgehead atoms. The molecule has 0 aromatic carbocycles. The van der Waals surface area contributed by atoms with Crippen LogP contribution in [-0.4, -0.2) is 56.3 Å². The summed E-state index contributed by atoms with van der Waals surface area (Å²) in [6.07, 6.45) is -3.73. The summed E-state index contributed by atoms with van der Waals surface area (Å²) in [6, 6.07) is 0. The summed E-state index contributed by atoms with van der Waals surface area (Å²) in [7, 11) is -4.96. The minimum Gasteiger partial charge on any atom is -0.394 e. The predicted octanol–water partition coefficient (Wildman–Crippen LogP) is -2.62. The molecule has 2 atom stereocenters. The lowest BCUT2D eigenvalue weighted by Crippen LogP contribution is -2.39. The van der Waals surface area contributed by atoms with E-state index in [9.17, 15) is 9.36 Å². The van der Waals surface area contributed by atoms with E-state index >= 15 is 0 Å². The number of hydrogen-bond acceptors (Lipinski definition) is 6. The second kappa shape index (κ2) is 5.52. The maximum Gasteiger partial charge on any atom is 0.470 e. The lowest BCUT2D eigenvalue weighted by molar-refractivity contribution is -0.136. The van der Waals surface area contributed by atoms with Crippen LogP contribution in [0.15, 0.2) is 0 Å². The third-order valence-electron chi connectivity index (χ3n) is 1.26. The molecule has 0 aliphatic heterocycles. The summed E-state index contributed by atoms with van der Waals surface area (Å²) in [4.78, 5) is 27.5. The van der Waals surface area contributed by atoms with Crippen LogP contribution in [0.4, 0.5) is 0 Å². The van der Waals surface area contributed by atoms with Crippen LogP contribution in [0.1, 0.15) is 0 Å². The molecule has 0 unspecified atom stereocenters. The number of carbonyl (C=O) groups is 1. The highest BCUT2D eigenvalue weighted by atomic mass is 31.2. The van der Waals surface area contributed by atoms with Gasteiger partial charge in [-0.15, -0.1) is 0 Å². The van der Waals surface area contributed by atoms with Gasteiger partial charge in [0.2, 0.25) is 0 Å². The van der Waals surface area contributed by atoms with Gasteiger partial charge in [-0.1, -0.05) is 0 Å². The molecule has 0 radical (unpaired) electrons. The molecule has 14 heavy (non-hydrogen) atoms. The van der Waals surface area contributed by atoms with Crippen LogP contribution in [0.25, 0.3) is 0 Å². The molecule has 8 nitrogen and oxygen atoms in total. The van der Waals surface area contributed by atoms with Gasteiger partial charge in [0.25, 0.3) is 0 Å². The zero-order chi connectivity index (χ0) is 11.4. The number of Topliss-reactive ketones (excluding diaryl/α,β-unsaturated/α-hetero) is 1. The van der Waals surface area contributed by atoms with E-state index in [1.807, 2.05) is 0 Å². The molecule has 5 N–H and O–H groups in total. The summed E-state index contributed by atoms with van der Waals surface area (Å²) in [5.74, 6) is -1.13. The molecule has 0 heterocycles. The van der Waals surface area contributed by atoms with Gasteiger partial charge in [0.1, 0.15) is 12.7 Å². The first-order chi connectivity index (χ1) is 6.31. The van der Waals surface area contributed by atoms with Gasteiger partial charge >= 0.3 is 7.82 Å². The van der Waals surface area contributed by atoms with Gasteiger partial charge in [-0.3, -0.25) is 9.32 Å². The van der Waals surface area contributed by atoms with Crippen LogP contribution in [0.3, 0.4) is 0 Å². The molecule has 0 saturated heterocycles. The lowest BCUT2D eigenvalue weighted by Gasteiger charge is -2.19. The van der Waals surface area contributed by atoms with Crippen LogP contribution in [0, 0.1) is 0 Å². The van der Waals surface area contributed by atoms with Crippen LogP contribution in [-0.2, 0) is 13.9 Å². The first kappa shape index (κ1) is 13.7. The van der Waals surface area contributed by atoms with Crippen molar-refractivity contribution in [2.45, 2.75) is 12.2 Å². The second-order valence-corrected chi connectivity index (χ2v) is 3.58. The Balaban J connectivity index is 4.57. The molecule has 0 aliphatic rings. The number of aliphatic hydroxyl groups is 3. The van der Waals surface area contributed by atoms with Crippen molar-refractivity contribution in [3.05, 3.63) is 0 Å². The van der Waals surface area contributed by atoms with E-state index in [-0.39, 0.29) is 0 Å². The molecule has 0 fully saturated rings. The monoisotopic (exact) mass is 230 g/mol. The largest absolute Gasteiger partial charge is 0.470 e. The molecule has 0 amide bonds. The molecule has 0 aromatic heterocycles. The molecular formula is C5H11O8P. The molecule has 9 heteroatoms. The molecule has 0 rings (SSSR count). The van der Waals surface area contributed by atoms with Gasteiger partial charge in [-0.05, 0) is 0 Å². The van der Waals surface area contributed by atoms with Crippen molar-refractivity contribution < 1.29 is 39.0 Å². The van der Waals surface area contributed by atoms with Crippen molar-refractivity contribution >= 4 is 13.6 Å². The number of phosphoric ester groups is 1. The van der Waals surface area contributed by atoms with Crippen molar-refractivity contribution in [3.8, 4) is 0 Å². The standard InChI is InChI=1S/C5H11O8P/c6-1-3(8)5(4(9)2-7)13-14(10,11)12/h3,5-8H,1-2H2,(H2,10,11,12)/t3-,5-/m1/s1. The Hall–Kier alpha value is -0.340. The van der Waals surface area contributed by atoms with Gasteiger partial charge in [-0.25, -0.2) is 4.57 Å². The minimum absolute atomic E-state index is 0.920. The maximum atomic E-state index is 10.8. The number of aliphatic hydroxyl groups excluding tert-OH is 3. The van der Waals surface area contributed by atoms with Gasteiger partial charge in [0.05, 0.1) is 6.61 Å². The van der Waals surface area contributed by atoms with E-state index in [0.717, 1.165) is 0 Å². The Labute approximate surface area is 79.0 Å². The smallest absolute Gasteiger partial charge is 0.394 e. The average Bonchev–Trinajstić information content (AvgIpc) is 2.10. The Bertz CT molecular complexity index is 234. The zero-order valence-electron chi connectivity index (χ0n) is 6.98. The topological polar surface area (TPSA) is 145 Å². The Morgan fingerprint density at radius 1 is 1.36 bits per heavy atom. The fourth-order valence-electron chi connectivity index (χ4n) is 0.677. The average molecular weight is 230 g/mol. The number of carbonyl (C=O) groups excluding carboxylic acids is 1. The zero-order valence-corrected chi connectivity index (χ0v) is 7.87. The van der Waals surface area contributed by atoms with Crippen LogP contribution >= 0.6 is 7.82 Å². The highest BCUT2D eigenvalue weighted by Gasteiger charge is 2.33. The highest BCUT2D eigenvalue weighted by molar-refractivity contribution is 7.46. The van der Waals surface area contributed by atoms with E-state index in [1.54, 1.807) is 0 Å². The number of rotatable bonds is 6. The predicted molar refractivity (Wildman–Crippen MR) is 42.1 cm³/mol. The molecule has 84 valence electrons. The number of ketones is 1. The van der Waals surface area contributed by atoms with Gasteiger partial charge < -0.3 is 25.1 Å². The van der Waals surface area contributed by atoms with Crippen LogP contribution in [0.2, 0.25) is 0 Å².